The molecule has 0 fully saturated rings. The first kappa shape index (κ1) is 10.5. The van der Waals surface area contributed by atoms with Crippen LogP contribution in [0.5, 0.6) is 0 Å². The number of halogens is 1. The van der Waals surface area contributed by atoms with Gasteiger partial charge in [0.1, 0.15) is 5.82 Å². The van der Waals surface area contributed by atoms with Crippen LogP contribution in [0.1, 0.15) is 0 Å². The minimum absolute atomic E-state index is 0.361. The number of rotatable bonds is 2. The van der Waals surface area contributed by atoms with Gasteiger partial charge in [-0.3, -0.25) is 10.6 Å². The standard InChI is InChI=1S/C10H8ClN3O2/c11-7-3-4-12-8(6-7)13-10(15)14-9-2-1-5-16-9/h1-6H,(H2,12,13,14,15). The molecular formula is C10H8ClN3O2. The van der Waals surface area contributed by atoms with Gasteiger partial charge in [-0.25, -0.2) is 9.78 Å². The van der Waals surface area contributed by atoms with Crippen LogP contribution in [0.15, 0.2) is 41.1 Å². The molecule has 0 radical (unpaired) electrons. The van der Waals surface area contributed by atoms with E-state index in [1.807, 2.05) is 0 Å². The number of anilines is 2. The lowest BCUT2D eigenvalue weighted by Gasteiger charge is -2.04. The Balaban J connectivity index is 1.97. The van der Waals surface area contributed by atoms with Gasteiger partial charge in [0.15, 0.2) is 0 Å². The number of aromatic nitrogens is 1. The molecule has 0 aliphatic carbocycles. The van der Waals surface area contributed by atoms with E-state index in [1.165, 1.54) is 12.5 Å². The van der Waals surface area contributed by atoms with Crippen molar-refractivity contribution >= 4 is 29.3 Å². The molecule has 2 aromatic heterocycles. The predicted molar refractivity (Wildman–Crippen MR) is 60.6 cm³/mol. The summed E-state index contributed by atoms with van der Waals surface area (Å²) in [5.74, 6) is 0.732. The molecule has 2 N–H and O–H groups in total. The summed E-state index contributed by atoms with van der Waals surface area (Å²) >= 11 is 5.74. The molecule has 0 saturated carbocycles. The number of amides is 2. The zero-order valence-electron chi connectivity index (χ0n) is 8.11. The molecular weight excluding hydrogens is 230 g/mol. The first-order valence-corrected chi connectivity index (χ1v) is 4.85. The highest BCUT2D eigenvalue weighted by Crippen LogP contribution is 2.12. The van der Waals surface area contributed by atoms with E-state index in [1.54, 1.807) is 24.3 Å². The van der Waals surface area contributed by atoms with E-state index < -0.39 is 6.03 Å². The van der Waals surface area contributed by atoms with Gasteiger partial charge in [0.25, 0.3) is 0 Å². The van der Waals surface area contributed by atoms with Crippen LogP contribution in [0, 0.1) is 0 Å². The van der Waals surface area contributed by atoms with Crippen molar-refractivity contribution in [3.05, 3.63) is 41.7 Å². The van der Waals surface area contributed by atoms with Crippen molar-refractivity contribution in [2.45, 2.75) is 0 Å². The van der Waals surface area contributed by atoms with Crippen LogP contribution in [0.4, 0.5) is 16.5 Å². The number of hydrogen-bond donors (Lipinski definition) is 2. The largest absolute Gasteiger partial charge is 0.449 e. The molecule has 2 aromatic rings. The fourth-order valence-corrected chi connectivity index (χ4v) is 1.24. The number of nitrogens with one attached hydrogen (secondary N) is 2. The summed E-state index contributed by atoms with van der Waals surface area (Å²) in [4.78, 5) is 15.3. The van der Waals surface area contributed by atoms with Crippen LogP contribution in [0.25, 0.3) is 0 Å². The maximum atomic E-state index is 11.4. The van der Waals surface area contributed by atoms with Gasteiger partial charge in [0.05, 0.1) is 6.26 Å². The molecule has 0 bridgehead atoms. The molecule has 0 atom stereocenters. The van der Waals surface area contributed by atoms with Crippen molar-refractivity contribution in [3.8, 4) is 0 Å². The summed E-state index contributed by atoms with van der Waals surface area (Å²) < 4.78 is 4.95. The van der Waals surface area contributed by atoms with Gasteiger partial charge in [0.2, 0.25) is 5.88 Å². The number of carbonyl (C=O) groups excluding carboxylic acids is 1. The van der Waals surface area contributed by atoms with Gasteiger partial charge in [-0.1, -0.05) is 11.6 Å². The molecule has 0 spiro atoms. The Kier molecular flexibility index (Phi) is 3.07. The highest BCUT2D eigenvalue weighted by molar-refractivity contribution is 6.30. The minimum atomic E-state index is -0.440. The third-order valence-electron chi connectivity index (χ3n) is 1.72. The van der Waals surface area contributed by atoms with Gasteiger partial charge in [-0.2, -0.15) is 0 Å². The molecule has 82 valence electrons. The summed E-state index contributed by atoms with van der Waals surface area (Å²) in [6, 6.07) is 6.03. The molecule has 0 aliphatic rings. The Hall–Kier alpha value is -2.01. The molecule has 0 saturated heterocycles. The molecule has 6 heteroatoms. The topological polar surface area (TPSA) is 67.2 Å². The zero-order chi connectivity index (χ0) is 11.4. The summed E-state index contributed by atoms with van der Waals surface area (Å²) in [6.07, 6.45) is 2.97. The number of urea groups is 1. The minimum Gasteiger partial charge on any atom is -0.449 e. The molecule has 2 amide bonds. The molecule has 16 heavy (non-hydrogen) atoms. The number of pyridine rings is 1. The third kappa shape index (κ3) is 2.74. The molecule has 0 aromatic carbocycles. The Morgan fingerprint density at radius 2 is 2.25 bits per heavy atom. The second-order valence-electron chi connectivity index (χ2n) is 2.92. The van der Waals surface area contributed by atoms with E-state index in [9.17, 15) is 4.79 Å². The summed E-state index contributed by atoms with van der Waals surface area (Å²) in [7, 11) is 0. The number of furan rings is 1. The van der Waals surface area contributed by atoms with Crippen molar-refractivity contribution < 1.29 is 9.21 Å². The second kappa shape index (κ2) is 4.67. The lowest BCUT2D eigenvalue weighted by atomic mass is 10.4. The first-order valence-electron chi connectivity index (χ1n) is 4.47. The monoisotopic (exact) mass is 237 g/mol. The van der Waals surface area contributed by atoms with Crippen LogP contribution in [0.2, 0.25) is 5.02 Å². The number of hydrogen-bond acceptors (Lipinski definition) is 3. The quantitative estimate of drug-likeness (QED) is 0.844. The SMILES string of the molecule is O=C(Nc1cc(Cl)ccn1)Nc1ccco1. The first-order chi connectivity index (χ1) is 7.74. The van der Waals surface area contributed by atoms with E-state index >= 15 is 0 Å². The number of nitrogens with zero attached hydrogens (tertiary/aromatic N) is 1. The Bertz CT molecular complexity index is 485. The third-order valence-corrected chi connectivity index (χ3v) is 1.96. The van der Waals surface area contributed by atoms with Crippen LogP contribution in [-0.2, 0) is 0 Å². The van der Waals surface area contributed by atoms with Crippen molar-refractivity contribution in [1.29, 1.82) is 0 Å². The van der Waals surface area contributed by atoms with Crippen LogP contribution in [-0.4, -0.2) is 11.0 Å². The smallest absolute Gasteiger partial charge is 0.327 e. The maximum absolute atomic E-state index is 11.4. The van der Waals surface area contributed by atoms with E-state index in [2.05, 4.69) is 15.6 Å². The van der Waals surface area contributed by atoms with Gasteiger partial charge < -0.3 is 4.42 Å². The maximum Gasteiger partial charge on any atom is 0.327 e. The molecule has 5 nitrogen and oxygen atoms in total. The van der Waals surface area contributed by atoms with Crippen molar-refractivity contribution in [2.24, 2.45) is 0 Å². The summed E-state index contributed by atoms with van der Waals surface area (Å²) in [5.41, 5.74) is 0. The molecule has 0 unspecified atom stereocenters. The fourth-order valence-electron chi connectivity index (χ4n) is 1.08. The summed E-state index contributed by atoms with van der Waals surface area (Å²) in [6.45, 7) is 0. The Morgan fingerprint density at radius 1 is 1.38 bits per heavy atom. The fraction of sp³-hybridized carbons (Fsp3) is 0. The number of carbonyl (C=O) groups is 1. The van der Waals surface area contributed by atoms with Gasteiger partial charge >= 0.3 is 6.03 Å². The zero-order valence-corrected chi connectivity index (χ0v) is 8.86. The summed E-state index contributed by atoms with van der Waals surface area (Å²) in [5, 5.41) is 5.51. The highest BCUT2D eigenvalue weighted by atomic mass is 35.5. The second-order valence-corrected chi connectivity index (χ2v) is 3.35. The van der Waals surface area contributed by atoms with Gasteiger partial charge in [0, 0.05) is 17.3 Å². The predicted octanol–water partition coefficient (Wildman–Crippen LogP) is 2.97. The van der Waals surface area contributed by atoms with E-state index in [-0.39, 0.29) is 0 Å². The van der Waals surface area contributed by atoms with Crippen molar-refractivity contribution in [2.75, 3.05) is 10.6 Å². The molecule has 2 heterocycles. The van der Waals surface area contributed by atoms with Gasteiger partial charge in [-0.15, -0.1) is 0 Å². The van der Waals surface area contributed by atoms with E-state index in [4.69, 9.17) is 16.0 Å². The van der Waals surface area contributed by atoms with Crippen molar-refractivity contribution in [3.63, 3.8) is 0 Å². The lowest BCUT2D eigenvalue weighted by molar-refractivity contribution is 0.261. The average Bonchev–Trinajstić information content (AvgIpc) is 2.70. The van der Waals surface area contributed by atoms with Gasteiger partial charge in [-0.05, 0) is 18.2 Å². The van der Waals surface area contributed by atoms with E-state index in [0.29, 0.717) is 16.7 Å². The van der Waals surface area contributed by atoms with Crippen LogP contribution in [0.3, 0.4) is 0 Å². The molecule has 0 aliphatic heterocycles. The van der Waals surface area contributed by atoms with Crippen LogP contribution < -0.4 is 10.6 Å². The molecule has 2 rings (SSSR count). The van der Waals surface area contributed by atoms with E-state index in [0.717, 1.165) is 0 Å². The normalized spacial score (nSPS) is 9.81. The van der Waals surface area contributed by atoms with Crippen LogP contribution >= 0.6 is 11.6 Å². The Labute approximate surface area is 96.4 Å². The Morgan fingerprint density at radius 3 is 2.94 bits per heavy atom. The highest BCUT2D eigenvalue weighted by Gasteiger charge is 2.04. The van der Waals surface area contributed by atoms with Crippen molar-refractivity contribution in [1.82, 2.24) is 4.98 Å². The lowest BCUT2D eigenvalue weighted by Crippen LogP contribution is -2.19. The average molecular weight is 238 g/mol.